The molecular weight excluding hydrogens is 238 g/mol. The molecule has 100 valence electrons. The van der Waals surface area contributed by atoms with E-state index in [1.165, 1.54) is 10.5 Å². The Morgan fingerprint density at radius 2 is 2.05 bits per heavy atom. The highest BCUT2D eigenvalue weighted by Crippen LogP contribution is 1.99. The molecule has 0 spiro atoms. The Bertz CT molecular complexity index is 452. The zero-order valence-corrected chi connectivity index (χ0v) is 11.1. The van der Waals surface area contributed by atoms with E-state index in [0.29, 0.717) is 19.4 Å². The first-order valence-electron chi connectivity index (χ1n) is 6.82. The van der Waals surface area contributed by atoms with E-state index in [9.17, 15) is 4.79 Å². The number of rotatable bonds is 4. The molecule has 0 aliphatic carbocycles. The largest absolute Gasteiger partial charge is 0.336 e. The summed E-state index contributed by atoms with van der Waals surface area (Å²) in [6.45, 7) is 4.17. The monoisotopic (exact) mass is 258 g/mol. The van der Waals surface area contributed by atoms with E-state index in [2.05, 4.69) is 30.3 Å². The highest BCUT2D eigenvalue weighted by atomic mass is 16.2. The van der Waals surface area contributed by atoms with Crippen LogP contribution in [-0.2, 0) is 11.3 Å². The van der Waals surface area contributed by atoms with Gasteiger partial charge < -0.3 is 9.80 Å². The zero-order valence-electron chi connectivity index (χ0n) is 11.1. The molecule has 1 N–H and O–H groups in total. The van der Waals surface area contributed by atoms with Crippen LogP contribution in [0.2, 0.25) is 0 Å². The molecule has 1 aromatic rings. The molecule has 4 heteroatoms. The fraction of sp³-hybridized carbons (Fsp3) is 0.467. The molecule has 1 heterocycles. The van der Waals surface area contributed by atoms with Gasteiger partial charge in [-0.1, -0.05) is 30.3 Å². The van der Waals surface area contributed by atoms with Crippen LogP contribution in [0.5, 0.6) is 0 Å². The van der Waals surface area contributed by atoms with Crippen molar-refractivity contribution >= 4 is 5.91 Å². The second-order valence-corrected chi connectivity index (χ2v) is 4.95. The van der Waals surface area contributed by atoms with Gasteiger partial charge in [0.05, 0.1) is 38.5 Å². The van der Waals surface area contributed by atoms with Crippen LogP contribution in [0.3, 0.4) is 0 Å². The molecule has 1 atom stereocenters. The lowest BCUT2D eigenvalue weighted by atomic mass is 10.2. The number of carbonyl (C=O) groups excluding carboxylic acids is 1. The van der Waals surface area contributed by atoms with Crippen molar-refractivity contribution in [1.82, 2.24) is 4.90 Å². The number of amides is 1. The first-order chi connectivity index (χ1) is 9.29. The number of quaternary nitrogens is 1. The summed E-state index contributed by atoms with van der Waals surface area (Å²) in [5, 5.41) is 8.61. The molecule has 19 heavy (non-hydrogen) atoms. The SMILES string of the molecule is N#CCCN1CC[NH+](Cc2ccccc2)CCC1=O. The minimum Gasteiger partial charge on any atom is -0.336 e. The summed E-state index contributed by atoms with van der Waals surface area (Å²) in [7, 11) is 0. The molecule has 1 fully saturated rings. The van der Waals surface area contributed by atoms with Gasteiger partial charge in [0.1, 0.15) is 6.54 Å². The number of nitrogens with zero attached hydrogens (tertiary/aromatic N) is 2. The average molecular weight is 258 g/mol. The van der Waals surface area contributed by atoms with Crippen molar-refractivity contribution < 1.29 is 9.69 Å². The maximum atomic E-state index is 11.9. The van der Waals surface area contributed by atoms with Gasteiger partial charge in [-0.05, 0) is 0 Å². The second-order valence-electron chi connectivity index (χ2n) is 4.95. The van der Waals surface area contributed by atoms with E-state index < -0.39 is 0 Å². The molecule has 1 aromatic carbocycles. The maximum absolute atomic E-state index is 11.9. The van der Waals surface area contributed by atoms with Crippen LogP contribution in [0.25, 0.3) is 0 Å². The summed E-state index contributed by atoms with van der Waals surface area (Å²) in [6, 6.07) is 12.5. The quantitative estimate of drug-likeness (QED) is 0.840. The van der Waals surface area contributed by atoms with Crippen molar-refractivity contribution in [3.05, 3.63) is 35.9 Å². The van der Waals surface area contributed by atoms with E-state index in [-0.39, 0.29) is 5.91 Å². The molecule has 1 aliphatic rings. The summed E-state index contributed by atoms with van der Waals surface area (Å²) < 4.78 is 0. The minimum absolute atomic E-state index is 0.193. The molecule has 1 aliphatic heterocycles. The summed E-state index contributed by atoms with van der Waals surface area (Å²) >= 11 is 0. The van der Waals surface area contributed by atoms with Crippen LogP contribution in [0.15, 0.2) is 30.3 Å². The summed E-state index contributed by atoms with van der Waals surface area (Å²) in [4.78, 5) is 15.2. The van der Waals surface area contributed by atoms with Gasteiger partial charge >= 0.3 is 0 Å². The molecule has 1 unspecified atom stereocenters. The maximum Gasteiger partial charge on any atom is 0.228 e. The van der Waals surface area contributed by atoms with E-state index in [4.69, 9.17) is 5.26 Å². The Labute approximate surface area is 114 Å². The van der Waals surface area contributed by atoms with Crippen LogP contribution in [0.1, 0.15) is 18.4 Å². The van der Waals surface area contributed by atoms with E-state index >= 15 is 0 Å². The molecule has 0 aromatic heterocycles. The van der Waals surface area contributed by atoms with E-state index in [1.807, 2.05) is 11.0 Å². The molecule has 1 amide bonds. The van der Waals surface area contributed by atoms with Crippen LogP contribution < -0.4 is 4.90 Å². The topological polar surface area (TPSA) is 48.5 Å². The first kappa shape index (κ1) is 13.6. The van der Waals surface area contributed by atoms with Crippen molar-refractivity contribution in [2.24, 2.45) is 0 Å². The van der Waals surface area contributed by atoms with E-state index in [1.54, 1.807) is 0 Å². The fourth-order valence-electron chi connectivity index (χ4n) is 2.47. The lowest BCUT2D eigenvalue weighted by Crippen LogP contribution is -3.11. The molecule has 2 rings (SSSR count). The van der Waals surface area contributed by atoms with Gasteiger partial charge in [0, 0.05) is 12.1 Å². The molecule has 4 nitrogen and oxygen atoms in total. The summed E-state index contributed by atoms with van der Waals surface area (Å²) in [5.41, 5.74) is 1.32. The third kappa shape index (κ3) is 4.08. The summed E-state index contributed by atoms with van der Waals surface area (Å²) in [5.74, 6) is 0.193. The van der Waals surface area contributed by atoms with Gasteiger partial charge in [0.25, 0.3) is 0 Å². The lowest BCUT2D eigenvalue weighted by Gasteiger charge is -2.19. The third-order valence-corrected chi connectivity index (χ3v) is 3.57. The predicted octanol–water partition coefficient (Wildman–Crippen LogP) is 0.217. The van der Waals surface area contributed by atoms with Crippen molar-refractivity contribution in [1.29, 1.82) is 5.26 Å². The number of hydrogen-bond acceptors (Lipinski definition) is 2. The Kier molecular flexibility index (Phi) is 4.93. The summed E-state index contributed by atoms with van der Waals surface area (Å²) in [6.07, 6.45) is 1.02. The van der Waals surface area contributed by atoms with Crippen molar-refractivity contribution in [3.63, 3.8) is 0 Å². The number of nitrogens with one attached hydrogen (secondary N) is 1. The third-order valence-electron chi connectivity index (χ3n) is 3.57. The van der Waals surface area contributed by atoms with Gasteiger partial charge in [-0.25, -0.2) is 0 Å². The minimum atomic E-state index is 0.193. The van der Waals surface area contributed by atoms with Gasteiger partial charge in [-0.2, -0.15) is 5.26 Å². The second kappa shape index (κ2) is 6.91. The van der Waals surface area contributed by atoms with Gasteiger partial charge in [-0.3, -0.25) is 4.79 Å². The van der Waals surface area contributed by atoms with Crippen LogP contribution in [-0.4, -0.2) is 37.0 Å². The van der Waals surface area contributed by atoms with Gasteiger partial charge in [-0.15, -0.1) is 0 Å². The standard InChI is InChI=1S/C15H19N3O/c16-8-4-9-18-12-11-17(10-7-15(18)19)13-14-5-2-1-3-6-14/h1-3,5-6H,4,7,9-13H2/p+1. The number of carbonyl (C=O) groups is 1. The Morgan fingerprint density at radius 3 is 2.79 bits per heavy atom. The Hall–Kier alpha value is -1.86. The van der Waals surface area contributed by atoms with Gasteiger partial charge in [0.2, 0.25) is 5.91 Å². The number of benzene rings is 1. The van der Waals surface area contributed by atoms with Gasteiger partial charge in [0.15, 0.2) is 0 Å². The Morgan fingerprint density at radius 1 is 1.26 bits per heavy atom. The molecular formula is C15H20N3O+. The van der Waals surface area contributed by atoms with Crippen molar-refractivity contribution in [3.8, 4) is 6.07 Å². The van der Waals surface area contributed by atoms with Crippen LogP contribution in [0, 0.1) is 11.3 Å². The number of hydrogen-bond donors (Lipinski definition) is 1. The first-order valence-corrected chi connectivity index (χ1v) is 6.82. The smallest absolute Gasteiger partial charge is 0.228 e. The average Bonchev–Trinajstić information content (AvgIpc) is 2.61. The molecule has 0 saturated carbocycles. The lowest BCUT2D eigenvalue weighted by molar-refractivity contribution is -0.911. The van der Waals surface area contributed by atoms with E-state index in [0.717, 1.165) is 26.2 Å². The molecule has 0 bridgehead atoms. The normalized spacial score (nSPS) is 19.8. The number of nitriles is 1. The predicted molar refractivity (Wildman–Crippen MR) is 72.3 cm³/mol. The molecule has 1 saturated heterocycles. The van der Waals surface area contributed by atoms with Crippen LogP contribution >= 0.6 is 0 Å². The molecule has 0 radical (unpaired) electrons. The highest BCUT2D eigenvalue weighted by Gasteiger charge is 2.22. The van der Waals surface area contributed by atoms with Crippen molar-refractivity contribution in [2.75, 3.05) is 26.2 Å². The fourth-order valence-corrected chi connectivity index (χ4v) is 2.47. The van der Waals surface area contributed by atoms with Crippen molar-refractivity contribution in [2.45, 2.75) is 19.4 Å². The Balaban J connectivity index is 1.89. The zero-order chi connectivity index (χ0) is 13.5. The highest BCUT2D eigenvalue weighted by molar-refractivity contribution is 5.76. The van der Waals surface area contributed by atoms with Crippen LogP contribution in [0.4, 0.5) is 0 Å².